The molecule has 0 saturated heterocycles. The monoisotopic (exact) mass is 239 g/mol. The molecule has 0 aliphatic heterocycles. The number of aryl methyl sites for hydroxylation is 3. The fourth-order valence-electron chi connectivity index (χ4n) is 2.44. The van der Waals surface area contributed by atoms with Gasteiger partial charge in [0.2, 0.25) is 0 Å². The Kier molecular flexibility index (Phi) is 2.47. The highest BCUT2D eigenvalue weighted by Gasteiger charge is 2.05. The Labute approximate surface area is 107 Å². The number of nitrogens with zero attached hydrogens (tertiary/aromatic N) is 3. The SMILES string of the molecule is Cc1ccc2c(ccn2Cc2cc(C)nn2C)c1. The van der Waals surface area contributed by atoms with Gasteiger partial charge in [-0.3, -0.25) is 4.68 Å². The molecule has 0 atom stereocenters. The van der Waals surface area contributed by atoms with Crippen LogP contribution in [0.15, 0.2) is 36.5 Å². The second-order valence-electron chi connectivity index (χ2n) is 4.91. The number of hydrogen-bond donors (Lipinski definition) is 0. The summed E-state index contributed by atoms with van der Waals surface area (Å²) >= 11 is 0. The van der Waals surface area contributed by atoms with E-state index >= 15 is 0 Å². The highest BCUT2D eigenvalue weighted by atomic mass is 15.3. The van der Waals surface area contributed by atoms with Crippen molar-refractivity contribution < 1.29 is 0 Å². The van der Waals surface area contributed by atoms with E-state index in [1.165, 1.54) is 22.2 Å². The number of rotatable bonds is 2. The summed E-state index contributed by atoms with van der Waals surface area (Å²) < 4.78 is 4.22. The van der Waals surface area contributed by atoms with E-state index in [0.29, 0.717) is 0 Å². The number of hydrogen-bond acceptors (Lipinski definition) is 1. The van der Waals surface area contributed by atoms with E-state index in [1.807, 2.05) is 18.7 Å². The number of fused-ring (bicyclic) bond motifs is 1. The molecule has 0 saturated carbocycles. The molecule has 0 N–H and O–H groups in total. The molecule has 1 aromatic carbocycles. The summed E-state index contributed by atoms with van der Waals surface area (Å²) in [6, 6.07) is 10.9. The minimum absolute atomic E-state index is 0.865. The van der Waals surface area contributed by atoms with Gasteiger partial charge < -0.3 is 4.57 Å². The second-order valence-corrected chi connectivity index (χ2v) is 4.91. The van der Waals surface area contributed by atoms with Gasteiger partial charge in [-0.05, 0) is 43.5 Å². The molecule has 0 aliphatic carbocycles. The molecule has 92 valence electrons. The summed E-state index contributed by atoms with van der Waals surface area (Å²) in [4.78, 5) is 0. The van der Waals surface area contributed by atoms with Crippen LogP contribution in [0.2, 0.25) is 0 Å². The van der Waals surface area contributed by atoms with Gasteiger partial charge in [-0.15, -0.1) is 0 Å². The van der Waals surface area contributed by atoms with Gasteiger partial charge >= 0.3 is 0 Å². The summed E-state index contributed by atoms with van der Waals surface area (Å²) in [5.74, 6) is 0. The van der Waals surface area contributed by atoms with Crippen molar-refractivity contribution in [3.63, 3.8) is 0 Å². The van der Waals surface area contributed by atoms with Gasteiger partial charge in [-0.25, -0.2) is 0 Å². The molecular weight excluding hydrogens is 222 g/mol. The molecule has 2 aromatic heterocycles. The van der Waals surface area contributed by atoms with Crippen LogP contribution in [0.3, 0.4) is 0 Å². The van der Waals surface area contributed by atoms with Crippen molar-refractivity contribution in [2.75, 3.05) is 0 Å². The highest BCUT2D eigenvalue weighted by Crippen LogP contribution is 2.18. The number of benzene rings is 1. The zero-order valence-electron chi connectivity index (χ0n) is 11.0. The minimum atomic E-state index is 0.865. The summed E-state index contributed by atoms with van der Waals surface area (Å²) in [6.45, 7) is 5.02. The Morgan fingerprint density at radius 3 is 2.67 bits per heavy atom. The lowest BCUT2D eigenvalue weighted by Gasteiger charge is -2.06. The minimum Gasteiger partial charge on any atom is -0.341 e. The van der Waals surface area contributed by atoms with E-state index in [2.05, 4.69) is 53.1 Å². The van der Waals surface area contributed by atoms with Crippen molar-refractivity contribution in [2.24, 2.45) is 7.05 Å². The average Bonchev–Trinajstić information content (AvgIpc) is 2.84. The lowest BCUT2D eigenvalue weighted by atomic mass is 10.2. The van der Waals surface area contributed by atoms with Gasteiger partial charge in [0, 0.05) is 18.8 Å². The van der Waals surface area contributed by atoms with E-state index in [0.717, 1.165) is 12.2 Å². The van der Waals surface area contributed by atoms with Crippen LogP contribution in [0.1, 0.15) is 17.0 Å². The first-order valence-corrected chi connectivity index (χ1v) is 6.18. The summed E-state index contributed by atoms with van der Waals surface area (Å²) in [5, 5.41) is 5.69. The van der Waals surface area contributed by atoms with Crippen LogP contribution in [0.25, 0.3) is 10.9 Å². The standard InChI is InChI=1S/C15H17N3/c1-11-4-5-15-13(8-11)6-7-18(15)10-14-9-12(2)16-17(14)3/h4-9H,10H2,1-3H3. The maximum Gasteiger partial charge on any atom is 0.0645 e. The third kappa shape index (κ3) is 1.82. The Morgan fingerprint density at radius 1 is 1.11 bits per heavy atom. The van der Waals surface area contributed by atoms with Gasteiger partial charge in [0.1, 0.15) is 0 Å². The highest BCUT2D eigenvalue weighted by molar-refractivity contribution is 5.80. The molecule has 3 nitrogen and oxygen atoms in total. The first-order chi connectivity index (χ1) is 8.63. The van der Waals surface area contributed by atoms with E-state index in [4.69, 9.17) is 0 Å². The fourth-order valence-corrected chi connectivity index (χ4v) is 2.44. The molecule has 3 rings (SSSR count). The van der Waals surface area contributed by atoms with E-state index < -0.39 is 0 Å². The molecule has 3 aromatic rings. The van der Waals surface area contributed by atoms with Gasteiger partial charge in [0.05, 0.1) is 17.9 Å². The normalized spacial score (nSPS) is 11.3. The van der Waals surface area contributed by atoms with Crippen molar-refractivity contribution in [3.05, 3.63) is 53.5 Å². The van der Waals surface area contributed by atoms with Crippen molar-refractivity contribution in [1.82, 2.24) is 14.3 Å². The fraction of sp³-hybridized carbons (Fsp3) is 0.267. The predicted molar refractivity (Wildman–Crippen MR) is 73.7 cm³/mol. The average molecular weight is 239 g/mol. The molecule has 0 fully saturated rings. The van der Waals surface area contributed by atoms with Crippen LogP contribution >= 0.6 is 0 Å². The van der Waals surface area contributed by atoms with Crippen molar-refractivity contribution in [1.29, 1.82) is 0 Å². The zero-order chi connectivity index (χ0) is 12.7. The second kappa shape index (κ2) is 4.02. The quantitative estimate of drug-likeness (QED) is 0.674. The lowest BCUT2D eigenvalue weighted by molar-refractivity contribution is 0.673. The van der Waals surface area contributed by atoms with Gasteiger partial charge in [-0.1, -0.05) is 11.6 Å². The van der Waals surface area contributed by atoms with E-state index in [-0.39, 0.29) is 0 Å². The molecule has 0 radical (unpaired) electrons. The van der Waals surface area contributed by atoms with Crippen LogP contribution in [0.5, 0.6) is 0 Å². The van der Waals surface area contributed by atoms with Gasteiger partial charge in [-0.2, -0.15) is 5.10 Å². The molecule has 0 amide bonds. The van der Waals surface area contributed by atoms with Crippen molar-refractivity contribution in [2.45, 2.75) is 20.4 Å². The lowest BCUT2D eigenvalue weighted by Crippen LogP contribution is -2.04. The van der Waals surface area contributed by atoms with Crippen molar-refractivity contribution >= 4 is 10.9 Å². The van der Waals surface area contributed by atoms with Crippen LogP contribution in [0, 0.1) is 13.8 Å². The van der Waals surface area contributed by atoms with Crippen LogP contribution < -0.4 is 0 Å². The Balaban J connectivity index is 2.02. The van der Waals surface area contributed by atoms with Crippen LogP contribution in [0.4, 0.5) is 0 Å². The first kappa shape index (κ1) is 11.1. The molecular formula is C15H17N3. The smallest absolute Gasteiger partial charge is 0.0645 e. The third-order valence-corrected chi connectivity index (χ3v) is 3.36. The predicted octanol–water partition coefficient (Wildman–Crippen LogP) is 3.04. The van der Waals surface area contributed by atoms with Crippen LogP contribution in [-0.4, -0.2) is 14.3 Å². The Bertz CT molecular complexity index is 704. The van der Waals surface area contributed by atoms with Gasteiger partial charge in [0.15, 0.2) is 0 Å². The van der Waals surface area contributed by atoms with Gasteiger partial charge in [0.25, 0.3) is 0 Å². The molecule has 0 unspecified atom stereocenters. The molecule has 2 heterocycles. The molecule has 18 heavy (non-hydrogen) atoms. The topological polar surface area (TPSA) is 22.8 Å². The first-order valence-electron chi connectivity index (χ1n) is 6.18. The summed E-state index contributed by atoms with van der Waals surface area (Å²) in [6.07, 6.45) is 2.15. The Hall–Kier alpha value is -2.03. The maximum absolute atomic E-state index is 4.39. The van der Waals surface area contributed by atoms with E-state index in [9.17, 15) is 0 Å². The zero-order valence-corrected chi connectivity index (χ0v) is 11.0. The molecule has 0 bridgehead atoms. The number of aromatic nitrogens is 3. The Morgan fingerprint density at radius 2 is 1.94 bits per heavy atom. The van der Waals surface area contributed by atoms with Crippen LogP contribution in [-0.2, 0) is 13.6 Å². The molecule has 0 spiro atoms. The maximum atomic E-state index is 4.39. The summed E-state index contributed by atoms with van der Waals surface area (Å²) in [7, 11) is 2.00. The molecule has 3 heteroatoms. The third-order valence-electron chi connectivity index (χ3n) is 3.36. The summed E-state index contributed by atoms with van der Waals surface area (Å²) in [5.41, 5.74) is 4.88. The largest absolute Gasteiger partial charge is 0.341 e. The van der Waals surface area contributed by atoms with E-state index in [1.54, 1.807) is 0 Å². The molecule has 0 aliphatic rings. The van der Waals surface area contributed by atoms with Crippen molar-refractivity contribution in [3.8, 4) is 0 Å².